The molecule has 0 spiro atoms. The van der Waals surface area contributed by atoms with E-state index in [0.29, 0.717) is 50.4 Å². The molecule has 0 N–H and O–H groups in total. The summed E-state index contributed by atoms with van der Waals surface area (Å²) in [7, 11) is 0. The summed E-state index contributed by atoms with van der Waals surface area (Å²) in [6.07, 6.45) is 3.22. The summed E-state index contributed by atoms with van der Waals surface area (Å²) in [4.78, 5) is 43.9. The van der Waals surface area contributed by atoms with Crippen molar-refractivity contribution in [3.05, 3.63) is 76.5 Å². The molecule has 4 aromatic rings. The minimum atomic E-state index is -0.268. The van der Waals surface area contributed by atoms with E-state index in [-0.39, 0.29) is 16.9 Å². The highest BCUT2D eigenvalue weighted by molar-refractivity contribution is 5.97. The second kappa shape index (κ2) is 10.4. The van der Waals surface area contributed by atoms with Gasteiger partial charge in [0.15, 0.2) is 0 Å². The van der Waals surface area contributed by atoms with E-state index in [2.05, 4.69) is 19.9 Å². The Kier molecular flexibility index (Phi) is 6.85. The fraction of sp³-hybridized carbons (Fsp3) is 0.321. The predicted molar refractivity (Wildman–Crippen MR) is 143 cm³/mol. The molecule has 3 aromatic heterocycles. The lowest BCUT2D eigenvalue weighted by molar-refractivity contribution is 0.0744. The van der Waals surface area contributed by atoms with Crippen LogP contribution >= 0.6 is 0 Å². The lowest BCUT2D eigenvalue weighted by Crippen LogP contribution is -2.49. The molecule has 0 unspecified atom stereocenters. The van der Waals surface area contributed by atoms with Crippen molar-refractivity contribution in [2.24, 2.45) is 0 Å². The first-order valence-corrected chi connectivity index (χ1v) is 12.6. The number of nitrogens with zero attached hydrogens (tertiary/aromatic N) is 6. The Bertz CT molecular complexity index is 1490. The van der Waals surface area contributed by atoms with Crippen LogP contribution in [0.25, 0.3) is 22.3 Å². The summed E-state index contributed by atoms with van der Waals surface area (Å²) >= 11 is 0. The van der Waals surface area contributed by atoms with Crippen molar-refractivity contribution in [2.45, 2.75) is 27.3 Å². The number of fused-ring (bicyclic) bond motifs is 1. The average molecular weight is 499 g/mol. The quantitative estimate of drug-likeness (QED) is 0.401. The van der Waals surface area contributed by atoms with Gasteiger partial charge in [0.1, 0.15) is 29.1 Å². The minimum Gasteiger partial charge on any atom is -0.494 e. The molecule has 1 amide bonds. The first-order chi connectivity index (χ1) is 18.0. The highest BCUT2D eigenvalue weighted by Gasteiger charge is 2.26. The van der Waals surface area contributed by atoms with Crippen LogP contribution in [0, 0.1) is 6.92 Å². The largest absolute Gasteiger partial charge is 0.494 e. The molecule has 190 valence electrons. The van der Waals surface area contributed by atoms with E-state index in [1.165, 1.54) is 0 Å². The summed E-state index contributed by atoms with van der Waals surface area (Å²) < 4.78 is 7.40. The molecule has 0 atom stereocenters. The molecule has 9 heteroatoms. The molecule has 1 saturated heterocycles. The van der Waals surface area contributed by atoms with Gasteiger partial charge in [0.25, 0.3) is 5.91 Å². The van der Waals surface area contributed by atoms with Crippen LogP contribution in [-0.2, 0) is 6.54 Å². The third-order valence-electron chi connectivity index (χ3n) is 6.64. The van der Waals surface area contributed by atoms with Gasteiger partial charge in [-0.1, -0.05) is 0 Å². The number of aromatic nitrogens is 4. The Morgan fingerprint density at radius 1 is 1.00 bits per heavy atom. The molecule has 1 aliphatic heterocycles. The van der Waals surface area contributed by atoms with Crippen LogP contribution in [0.1, 0.15) is 29.9 Å². The minimum absolute atomic E-state index is 0.188. The molecule has 9 nitrogen and oxygen atoms in total. The highest BCUT2D eigenvalue weighted by atomic mass is 16.5. The van der Waals surface area contributed by atoms with Gasteiger partial charge in [-0.25, -0.2) is 15.0 Å². The molecular weight excluding hydrogens is 468 g/mol. The Hall–Kier alpha value is -4.27. The smallest absolute Gasteiger partial charge is 0.259 e. The Balaban J connectivity index is 1.32. The van der Waals surface area contributed by atoms with Crippen molar-refractivity contribution in [1.82, 2.24) is 24.4 Å². The van der Waals surface area contributed by atoms with Gasteiger partial charge in [0.2, 0.25) is 5.43 Å². The Labute approximate surface area is 215 Å². The first kappa shape index (κ1) is 24.4. The molecular formula is C28H30N6O3. The zero-order valence-electron chi connectivity index (χ0n) is 21.3. The second-order valence-corrected chi connectivity index (χ2v) is 8.98. The van der Waals surface area contributed by atoms with Gasteiger partial charge < -0.3 is 19.1 Å². The molecule has 1 fully saturated rings. The van der Waals surface area contributed by atoms with Gasteiger partial charge in [-0.05, 0) is 57.2 Å². The van der Waals surface area contributed by atoms with E-state index in [0.717, 1.165) is 28.5 Å². The third-order valence-corrected chi connectivity index (χ3v) is 6.64. The highest BCUT2D eigenvalue weighted by Crippen LogP contribution is 2.24. The van der Waals surface area contributed by atoms with Crippen molar-refractivity contribution < 1.29 is 9.53 Å². The van der Waals surface area contributed by atoms with Crippen LogP contribution in [0.5, 0.6) is 5.75 Å². The van der Waals surface area contributed by atoms with E-state index in [1.54, 1.807) is 29.6 Å². The summed E-state index contributed by atoms with van der Waals surface area (Å²) in [5.74, 6) is 1.39. The number of hydrogen-bond donors (Lipinski definition) is 0. The summed E-state index contributed by atoms with van der Waals surface area (Å²) in [6.45, 7) is 9.28. The van der Waals surface area contributed by atoms with E-state index in [9.17, 15) is 9.59 Å². The van der Waals surface area contributed by atoms with Gasteiger partial charge in [-0.15, -0.1) is 0 Å². The molecule has 0 bridgehead atoms. The molecule has 37 heavy (non-hydrogen) atoms. The number of pyridine rings is 2. The zero-order valence-corrected chi connectivity index (χ0v) is 21.3. The van der Waals surface area contributed by atoms with Gasteiger partial charge >= 0.3 is 0 Å². The molecule has 5 rings (SSSR count). The summed E-state index contributed by atoms with van der Waals surface area (Å²) in [6, 6.07) is 13.4. The monoisotopic (exact) mass is 498 g/mol. The fourth-order valence-electron chi connectivity index (χ4n) is 4.63. The number of piperazine rings is 1. The molecule has 4 heterocycles. The van der Waals surface area contributed by atoms with Gasteiger partial charge in [0, 0.05) is 56.2 Å². The number of anilines is 1. The molecule has 0 saturated carbocycles. The number of rotatable bonds is 6. The molecule has 0 aliphatic carbocycles. The summed E-state index contributed by atoms with van der Waals surface area (Å²) in [5, 5.41) is 0.472. The average Bonchev–Trinajstić information content (AvgIpc) is 2.94. The standard InChI is InChI=1S/C28H30N6O3/c1-4-32-17-23(26(35)22-11-6-19(3)31-27(22)32)28(36)34-14-12-33(13-15-34)25-16-24(29-18-30-25)20-7-9-21(10-8-20)37-5-2/h6-11,16-18H,4-5,12-15H2,1-3H3. The van der Waals surface area contributed by atoms with E-state index in [4.69, 9.17) is 4.74 Å². The third kappa shape index (κ3) is 4.89. The number of carbonyl (C=O) groups is 1. The van der Waals surface area contributed by atoms with E-state index >= 15 is 0 Å². The SMILES string of the molecule is CCOc1ccc(-c2cc(N3CCN(C(=O)c4cn(CC)c5nc(C)ccc5c4=O)CC3)ncn2)cc1. The summed E-state index contributed by atoms with van der Waals surface area (Å²) in [5.41, 5.74) is 3.17. The molecule has 1 aromatic carbocycles. The molecule has 0 radical (unpaired) electrons. The fourth-order valence-corrected chi connectivity index (χ4v) is 4.63. The number of carbonyl (C=O) groups excluding carboxylic acids is 1. The zero-order chi connectivity index (χ0) is 25.9. The van der Waals surface area contributed by atoms with Crippen LogP contribution in [0.2, 0.25) is 0 Å². The number of amides is 1. The van der Waals surface area contributed by atoms with Gasteiger partial charge in [0.05, 0.1) is 17.7 Å². The maximum Gasteiger partial charge on any atom is 0.259 e. The lowest BCUT2D eigenvalue weighted by Gasteiger charge is -2.35. The van der Waals surface area contributed by atoms with Crippen LogP contribution in [-0.4, -0.2) is 63.1 Å². The number of hydrogen-bond acceptors (Lipinski definition) is 7. The van der Waals surface area contributed by atoms with Crippen LogP contribution in [0.15, 0.2) is 59.8 Å². The van der Waals surface area contributed by atoms with Crippen LogP contribution < -0.4 is 15.1 Å². The Morgan fingerprint density at radius 3 is 2.46 bits per heavy atom. The van der Waals surface area contributed by atoms with Crippen molar-refractivity contribution >= 4 is 22.8 Å². The van der Waals surface area contributed by atoms with Gasteiger partial charge in [-0.2, -0.15) is 0 Å². The Morgan fingerprint density at radius 2 is 1.76 bits per heavy atom. The second-order valence-electron chi connectivity index (χ2n) is 8.98. The maximum atomic E-state index is 13.4. The number of benzene rings is 1. The van der Waals surface area contributed by atoms with Crippen molar-refractivity contribution in [2.75, 3.05) is 37.7 Å². The van der Waals surface area contributed by atoms with Gasteiger partial charge in [-0.3, -0.25) is 9.59 Å². The van der Waals surface area contributed by atoms with Crippen LogP contribution in [0.4, 0.5) is 5.82 Å². The van der Waals surface area contributed by atoms with E-state index < -0.39 is 0 Å². The topological polar surface area (TPSA) is 93.5 Å². The van der Waals surface area contributed by atoms with Crippen molar-refractivity contribution in [1.29, 1.82) is 0 Å². The first-order valence-electron chi connectivity index (χ1n) is 12.6. The van der Waals surface area contributed by atoms with Crippen molar-refractivity contribution in [3.63, 3.8) is 0 Å². The van der Waals surface area contributed by atoms with Crippen LogP contribution in [0.3, 0.4) is 0 Å². The maximum absolute atomic E-state index is 13.4. The van der Waals surface area contributed by atoms with Crippen molar-refractivity contribution in [3.8, 4) is 17.0 Å². The number of ether oxygens (including phenoxy) is 1. The normalized spacial score (nSPS) is 13.7. The lowest BCUT2D eigenvalue weighted by atomic mass is 10.1. The molecule has 1 aliphatic rings. The number of aryl methyl sites for hydroxylation is 2. The predicted octanol–water partition coefficient (Wildman–Crippen LogP) is 3.54. The van der Waals surface area contributed by atoms with E-state index in [1.807, 2.05) is 55.7 Å².